The van der Waals surface area contributed by atoms with Gasteiger partial charge in [-0.3, -0.25) is 14.4 Å². The molecule has 1 aromatic carbocycles. The van der Waals surface area contributed by atoms with Crippen LogP contribution in [0.15, 0.2) is 24.4 Å². The third-order valence-electron chi connectivity index (χ3n) is 5.27. The summed E-state index contributed by atoms with van der Waals surface area (Å²) in [6.07, 6.45) is 4.23. The molecule has 1 aliphatic rings. The van der Waals surface area contributed by atoms with Crippen LogP contribution >= 0.6 is 0 Å². The van der Waals surface area contributed by atoms with Crippen LogP contribution in [0.2, 0.25) is 0 Å². The van der Waals surface area contributed by atoms with Crippen LogP contribution in [0, 0.1) is 11.7 Å². The molecule has 2 aromatic rings. The lowest BCUT2D eigenvalue weighted by molar-refractivity contribution is -0.143. The molecule has 1 saturated carbocycles. The van der Waals surface area contributed by atoms with E-state index in [0.717, 1.165) is 10.9 Å². The molecule has 1 aliphatic carbocycles. The van der Waals surface area contributed by atoms with Crippen LogP contribution in [-0.4, -0.2) is 40.0 Å². The molecular weight excluding hydrogens is 365 g/mol. The van der Waals surface area contributed by atoms with Gasteiger partial charge in [0.25, 0.3) is 0 Å². The smallest absolute Gasteiger partial charge is 0.306 e. The van der Waals surface area contributed by atoms with Crippen LogP contribution in [-0.2, 0) is 20.8 Å². The number of carboxylic acid groups (broad SMARTS) is 1. The zero-order chi connectivity index (χ0) is 20.3. The summed E-state index contributed by atoms with van der Waals surface area (Å²) in [5.41, 5.74) is 1.43. The number of halogens is 1. The number of carbonyl (C=O) groups excluding carboxylic acids is 2. The third kappa shape index (κ3) is 4.68. The van der Waals surface area contributed by atoms with Crippen molar-refractivity contribution in [3.63, 3.8) is 0 Å². The highest BCUT2D eigenvalue weighted by atomic mass is 19.1. The first-order valence-electron chi connectivity index (χ1n) is 9.39. The minimum absolute atomic E-state index is 0.101. The SMILES string of the molecule is CC(=O)NC(Cc1c[nH]c2cc(F)ccc12)C(=O)NC1CCC(C(=O)O)CC1. The second-order valence-electron chi connectivity index (χ2n) is 7.36. The van der Waals surface area contributed by atoms with Crippen LogP contribution in [0.3, 0.4) is 0 Å². The summed E-state index contributed by atoms with van der Waals surface area (Å²) in [4.78, 5) is 38.4. The molecule has 3 rings (SSSR count). The molecule has 0 saturated heterocycles. The Kier molecular flexibility index (Phi) is 5.96. The van der Waals surface area contributed by atoms with Gasteiger partial charge in [-0.25, -0.2) is 4.39 Å². The number of aliphatic carboxylic acids is 1. The maximum absolute atomic E-state index is 13.4. The molecule has 28 heavy (non-hydrogen) atoms. The summed E-state index contributed by atoms with van der Waals surface area (Å²) in [5.74, 6) is -2.12. The number of benzene rings is 1. The van der Waals surface area contributed by atoms with Crippen molar-refractivity contribution in [3.05, 3.63) is 35.8 Å². The summed E-state index contributed by atoms with van der Waals surface area (Å²) in [5, 5.41) is 15.5. The van der Waals surface area contributed by atoms with Crippen LogP contribution in [0.1, 0.15) is 38.2 Å². The molecule has 0 bridgehead atoms. The number of aromatic nitrogens is 1. The number of H-pyrrole nitrogens is 1. The monoisotopic (exact) mass is 389 g/mol. The molecule has 0 aliphatic heterocycles. The fraction of sp³-hybridized carbons (Fsp3) is 0.450. The van der Waals surface area contributed by atoms with E-state index in [9.17, 15) is 18.8 Å². The summed E-state index contributed by atoms with van der Waals surface area (Å²) in [6, 6.07) is 3.52. The van der Waals surface area contributed by atoms with E-state index in [-0.39, 0.29) is 36.0 Å². The standard InChI is InChI=1S/C20H24FN3O4/c1-11(25)23-18(8-13-10-22-17-9-14(21)4-7-16(13)17)19(26)24-15-5-2-12(3-6-15)20(27)28/h4,7,9-10,12,15,18,22H,2-3,5-6,8H2,1H3,(H,23,25)(H,24,26)(H,27,28). The van der Waals surface area contributed by atoms with Gasteiger partial charge in [0, 0.05) is 36.5 Å². The molecule has 1 fully saturated rings. The first-order valence-corrected chi connectivity index (χ1v) is 9.39. The largest absolute Gasteiger partial charge is 0.481 e. The van der Waals surface area contributed by atoms with Gasteiger partial charge in [0.05, 0.1) is 5.92 Å². The first kappa shape index (κ1) is 19.9. The molecule has 0 spiro atoms. The van der Waals surface area contributed by atoms with Gasteiger partial charge in [-0.1, -0.05) is 0 Å². The van der Waals surface area contributed by atoms with Crippen LogP contribution < -0.4 is 10.6 Å². The molecule has 1 heterocycles. The number of rotatable bonds is 6. The maximum Gasteiger partial charge on any atom is 0.306 e. The van der Waals surface area contributed by atoms with Crippen molar-refractivity contribution in [2.24, 2.45) is 5.92 Å². The van der Waals surface area contributed by atoms with Crippen LogP contribution in [0.25, 0.3) is 10.9 Å². The number of amides is 2. The third-order valence-corrected chi connectivity index (χ3v) is 5.27. The zero-order valence-electron chi connectivity index (χ0n) is 15.6. The fourth-order valence-electron chi connectivity index (χ4n) is 3.79. The molecule has 1 atom stereocenters. The Hall–Kier alpha value is -2.90. The molecule has 1 aromatic heterocycles. The van der Waals surface area contributed by atoms with Crippen molar-refractivity contribution >= 4 is 28.7 Å². The number of nitrogens with one attached hydrogen (secondary N) is 3. The molecule has 1 unspecified atom stereocenters. The number of fused-ring (bicyclic) bond motifs is 1. The highest BCUT2D eigenvalue weighted by Gasteiger charge is 2.29. The minimum atomic E-state index is -0.795. The molecule has 8 heteroatoms. The number of hydrogen-bond donors (Lipinski definition) is 4. The van der Waals surface area contributed by atoms with Crippen molar-refractivity contribution in [2.75, 3.05) is 0 Å². The topological polar surface area (TPSA) is 111 Å². The lowest BCUT2D eigenvalue weighted by Gasteiger charge is -2.28. The lowest BCUT2D eigenvalue weighted by atomic mass is 9.86. The second kappa shape index (κ2) is 8.41. The van der Waals surface area contributed by atoms with E-state index in [1.807, 2.05) is 0 Å². The number of aromatic amines is 1. The van der Waals surface area contributed by atoms with Crippen LogP contribution in [0.5, 0.6) is 0 Å². The van der Waals surface area contributed by atoms with Gasteiger partial charge >= 0.3 is 5.97 Å². The van der Waals surface area contributed by atoms with Crippen molar-refractivity contribution in [3.8, 4) is 0 Å². The predicted molar refractivity (Wildman–Crippen MR) is 101 cm³/mol. The Morgan fingerprint density at radius 1 is 1.25 bits per heavy atom. The molecule has 2 amide bonds. The van der Waals surface area contributed by atoms with Gasteiger partial charge in [-0.05, 0) is 49.4 Å². The second-order valence-corrected chi connectivity index (χ2v) is 7.36. The predicted octanol–water partition coefficient (Wildman–Crippen LogP) is 2.11. The van der Waals surface area contributed by atoms with Crippen molar-refractivity contribution < 1.29 is 23.9 Å². The highest BCUT2D eigenvalue weighted by Crippen LogP contribution is 2.25. The number of hydrogen-bond acceptors (Lipinski definition) is 3. The fourth-order valence-corrected chi connectivity index (χ4v) is 3.79. The van der Waals surface area contributed by atoms with Gasteiger partial charge in [0.15, 0.2) is 0 Å². The van der Waals surface area contributed by atoms with Crippen LogP contribution in [0.4, 0.5) is 4.39 Å². The molecular formula is C20H24FN3O4. The Labute approximate surface area is 161 Å². The van der Waals surface area contributed by atoms with E-state index >= 15 is 0 Å². The zero-order valence-corrected chi connectivity index (χ0v) is 15.6. The van der Waals surface area contributed by atoms with Gasteiger partial charge in [-0.15, -0.1) is 0 Å². The van der Waals surface area contributed by atoms with Gasteiger partial charge in [0.2, 0.25) is 11.8 Å². The van der Waals surface area contributed by atoms with Crippen molar-refractivity contribution in [1.29, 1.82) is 0 Å². The van der Waals surface area contributed by atoms with E-state index in [0.29, 0.717) is 31.2 Å². The molecule has 0 radical (unpaired) electrons. The Balaban J connectivity index is 1.68. The maximum atomic E-state index is 13.4. The van der Waals surface area contributed by atoms with Gasteiger partial charge in [0.1, 0.15) is 11.9 Å². The average molecular weight is 389 g/mol. The summed E-state index contributed by atoms with van der Waals surface area (Å²) >= 11 is 0. The summed E-state index contributed by atoms with van der Waals surface area (Å²) in [7, 11) is 0. The Bertz CT molecular complexity index is 887. The van der Waals surface area contributed by atoms with E-state index in [1.165, 1.54) is 19.1 Å². The summed E-state index contributed by atoms with van der Waals surface area (Å²) in [6.45, 7) is 1.35. The number of carboxylic acids is 1. The summed E-state index contributed by atoms with van der Waals surface area (Å²) < 4.78 is 13.4. The van der Waals surface area contributed by atoms with E-state index in [2.05, 4.69) is 15.6 Å². The van der Waals surface area contributed by atoms with E-state index < -0.39 is 12.0 Å². The van der Waals surface area contributed by atoms with Crippen molar-refractivity contribution in [1.82, 2.24) is 15.6 Å². The number of carbonyl (C=O) groups is 3. The highest BCUT2D eigenvalue weighted by molar-refractivity contribution is 5.89. The van der Waals surface area contributed by atoms with E-state index in [4.69, 9.17) is 5.11 Å². The van der Waals surface area contributed by atoms with Crippen molar-refractivity contribution in [2.45, 2.75) is 51.1 Å². The Morgan fingerprint density at radius 2 is 1.96 bits per heavy atom. The normalized spacial score (nSPS) is 20.5. The molecule has 7 nitrogen and oxygen atoms in total. The van der Waals surface area contributed by atoms with E-state index in [1.54, 1.807) is 12.3 Å². The first-order chi connectivity index (χ1) is 13.3. The lowest BCUT2D eigenvalue weighted by Crippen LogP contribution is -2.51. The minimum Gasteiger partial charge on any atom is -0.481 e. The molecule has 4 N–H and O–H groups in total. The Morgan fingerprint density at radius 3 is 2.61 bits per heavy atom. The average Bonchev–Trinajstić information content (AvgIpc) is 3.03. The van der Waals surface area contributed by atoms with Gasteiger partial charge < -0.3 is 20.7 Å². The van der Waals surface area contributed by atoms with Gasteiger partial charge in [-0.2, -0.15) is 0 Å². The molecule has 150 valence electrons. The quantitative estimate of drug-likeness (QED) is 0.606.